The highest BCUT2D eigenvalue weighted by atomic mass is 35.5. The lowest BCUT2D eigenvalue weighted by Gasteiger charge is -2.32. The van der Waals surface area contributed by atoms with E-state index in [9.17, 15) is 4.39 Å². The van der Waals surface area contributed by atoms with Crippen LogP contribution in [0, 0.1) is 5.82 Å². The molecule has 2 aromatic carbocycles. The van der Waals surface area contributed by atoms with Crippen LogP contribution in [-0.4, -0.2) is 18.0 Å². The highest BCUT2D eigenvalue weighted by Gasteiger charge is 2.36. The molecule has 0 atom stereocenters. The quantitative estimate of drug-likeness (QED) is 0.575. The van der Waals surface area contributed by atoms with Crippen molar-refractivity contribution in [2.75, 3.05) is 13.1 Å². The molecule has 5 heteroatoms. The Morgan fingerprint density at radius 1 is 0.828 bits per heavy atom. The topological polar surface area (TPSA) is 15.3 Å². The van der Waals surface area contributed by atoms with Crippen molar-refractivity contribution in [2.45, 2.75) is 63.6 Å². The number of nitrogens with zero attached hydrogens (tertiary/aromatic N) is 1. The number of rotatable bonds is 6. The summed E-state index contributed by atoms with van der Waals surface area (Å²) in [7, 11) is 0. The van der Waals surface area contributed by atoms with Gasteiger partial charge in [-0.1, -0.05) is 61.7 Å². The molecule has 0 unspecified atom stereocenters. The largest absolute Gasteiger partial charge is 0.303 e. The molecule has 0 bridgehead atoms. The van der Waals surface area contributed by atoms with Crippen molar-refractivity contribution in [3.8, 4) is 0 Å². The molecule has 2 aliphatic rings. The molecule has 0 spiro atoms. The summed E-state index contributed by atoms with van der Waals surface area (Å²) in [5.74, 6) is -0.0780. The third-order valence-electron chi connectivity index (χ3n) is 6.32. The van der Waals surface area contributed by atoms with E-state index in [4.69, 9.17) is 0 Å². The van der Waals surface area contributed by atoms with E-state index in [1.54, 1.807) is 12.1 Å². The van der Waals surface area contributed by atoms with Crippen LogP contribution in [0.15, 0.2) is 48.5 Å². The highest BCUT2D eigenvalue weighted by Crippen LogP contribution is 2.40. The number of piperidine rings is 1. The van der Waals surface area contributed by atoms with E-state index in [-0.39, 0.29) is 36.2 Å². The summed E-state index contributed by atoms with van der Waals surface area (Å²) < 4.78 is 14.5. The second-order valence-corrected chi connectivity index (χ2v) is 8.28. The van der Waals surface area contributed by atoms with Gasteiger partial charge in [0.25, 0.3) is 0 Å². The maximum absolute atomic E-state index is 14.5. The monoisotopic (exact) mass is 438 g/mol. The van der Waals surface area contributed by atoms with Crippen LogP contribution in [0.1, 0.15) is 61.6 Å². The normalized spacial score (nSPS) is 18.7. The van der Waals surface area contributed by atoms with Gasteiger partial charge in [-0.05, 0) is 56.0 Å². The van der Waals surface area contributed by atoms with Gasteiger partial charge in [-0.25, -0.2) is 4.39 Å². The fourth-order valence-electron chi connectivity index (χ4n) is 4.85. The third kappa shape index (κ3) is 5.95. The van der Waals surface area contributed by atoms with Crippen molar-refractivity contribution in [3.63, 3.8) is 0 Å². The van der Waals surface area contributed by atoms with Crippen LogP contribution in [0.25, 0.3) is 0 Å². The minimum atomic E-state index is -0.214. The number of hydrogen-bond donors (Lipinski definition) is 1. The summed E-state index contributed by atoms with van der Waals surface area (Å²) >= 11 is 0. The van der Waals surface area contributed by atoms with Gasteiger partial charge in [0, 0.05) is 24.2 Å². The molecule has 2 nitrogen and oxygen atoms in total. The molecule has 1 aliphatic heterocycles. The van der Waals surface area contributed by atoms with Crippen molar-refractivity contribution in [1.82, 2.24) is 10.2 Å². The summed E-state index contributed by atoms with van der Waals surface area (Å²) in [5.41, 5.74) is 3.32. The molecule has 1 aliphatic carbocycles. The van der Waals surface area contributed by atoms with Crippen LogP contribution >= 0.6 is 24.8 Å². The average Bonchev–Trinajstić information content (AvgIpc) is 3.18. The first-order chi connectivity index (χ1) is 13.3. The Morgan fingerprint density at radius 3 is 2.24 bits per heavy atom. The van der Waals surface area contributed by atoms with E-state index in [2.05, 4.69) is 34.5 Å². The number of benzene rings is 2. The fourth-order valence-corrected chi connectivity index (χ4v) is 4.85. The first-order valence-electron chi connectivity index (χ1n) is 10.6. The van der Waals surface area contributed by atoms with Crippen molar-refractivity contribution in [1.29, 1.82) is 0 Å². The molecule has 2 fully saturated rings. The van der Waals surface area contributed by atoms with E-state index in [0.29, 0.717) is 0 Å². The van der Waals surface area contributed by atoms with Gasteiger partial charge < -0.3 is 5.32 Å². The minimum absolute atomic E-state index is 0. The molecule has 4 rings (SSSR count). The summed E-state index contributed by atoms with van der Waals surface area (Å²) in [4.78, 5) is 2.56. The Labute approximate surface area is 187 Å². The fraction of sp³-hybridized carbons (Fsp3) is 0.500. The Kier molecular flexibility index (Phi) is 9.42. The van der Waals surface area contributed by atoms with Crippen LogP contribution in [0.4, 0.5) is 4.39 Å². The molecule has 0 aromatic heterocycles. The minimum Gasteiger partial charge on any atom is -0.303 e. The van der Waals surface area contributed by atoms with Gasteiger partial charge in [0.15, 0.2) is 0 Å². The van der Waals surface area contributed by atoms with Gasteiger partial charge in [0.05, 0.1) is 0 Å². The Hall–Kier alpha value is -1.13. The Morgan fingerprint density at radius 2 is 1.52 bits per heavy atom. The number of halogens is 3. The summed E-state index contributed by atoms with van der Waals surface area (Å²) in [6.07, 6.45) is 8.38. The lowest BCUT2D eigenvalue weighted by molar-refractivity contribution is 0.221. The lowest BCUT2D eigenvalue weighted by Crippen LogP contribution is -2.40. The maximum Gasteiger partial charge on any atom is 0.128 e. The SMILES string of the molecule is Cl.Cl.Fc1ccccc1C1(NCc2cccc(CN3CCCCC3)c2)CCCC1. The summed E-state index contributed by atoms with van der Waals surface area (Å²) in [6.45, 7) is 4.28. The molecule has 1 saturated carbocycles. The van der Waals surface area contributed by atoms with Crippen LogP contribution in [0.5, 0.6) is 0 Å². The van der Waals surface area contributed by atoms with Crippen molar-refractivity contribution in [3.05, 3.63) is 71.0 Å². The Bertz CT molecular complexity index is 756. The van der Waals surface area contributed by atoms with Gasteiger partial charge in [-0.3, -0.25) is 4.90 Å². The molecule has 160 valence electrons. The molecule has 0 amide bonds. The van der Waals surface area contributed by atoms with E-state index in [1.807, 2.05) is 12.1 Å². The third-order valence-corrected chi connectivity index (χ3v) is 6.32. The highest BCUT2D eigenvalue weighted by molar-refractivity contribution is 5.85. The molecule has 1 N–H and O–H groups in total. The van der Waals surface area contributed by atoms with E-state index >= 15 is 0 Å². The average molecular weight is 439 g/mol. The molecular formula is C24H33Cl2FN2. The standard InChI is InChI=1S/C24H31FN2.2ClH/c25-23-12-3-2-11-22(23)24(13-4-5-14-24)26-18-20-9-8-10-21(17-20)19-27-15-6-1-7-16-27;;/h2-3,8-12,17,26H,1,4-7,13-16,18-19H2;2*1H. The summed E-state index contributed by atoms with van der Waals surface area (Å²) in [6, 6.07) is 16.2. The van der Waals surface area contributed by atoms with Crippen molar-refractivity contribution < 1.29 is 4.39 Å². The van der Waals surface area contributed by atoms with Crippen molar-refractivity contribution >= 4 is 24.8 Å². The van der Waals surface area contributed by atoms with E-state index < -0.39 is 0 Å². The molecule has 1 heterocycles. The van der Waals surface area contributed by atoms with Crippen molar-refractivity contribution in [2.24, 2.45) is 0 Å². The van der Waals surface area contributed by atoms with E-state index in [0.717, 1.165) is 44.3 Å². The van der Waals surface area contributed by atoms with Gasteiger partial charge >= 0.3 is 0 Å². The van der Waals surface area contributed by atoms with Crippen LogP contribution in [-0.2, 0) is 18.6 Å². The predicted molar refractivity (Wildman–Crippen MR) is 123 cm³/mol. The predicted octanol–water partition coefficient (Wildman–Crippen LogP) is 6.21. The van der Waals surface area contributed by atoms with Gasteiger partial charge in [-0.15, -0.1) is 24.8 Å². The zero-order valence-corrected chi connectivity index (χ0v) is 18.7. The number of hydrogen-bond acceptors (Lipinski definition) is 2. The molecule has 29 heavy (non-hydrogen) atoms. The second kappa shape index (κ2) is 11.3. The molecular weight excluding hydrogens is 406 g/mol. The van der Waals surface area contributed by atoms with Crippen LogP contribution < -0.4 is 5.32 Å². The first-order valence-corrected chi connectivity index (χ1v) is 10.6. The second-order valence-electron chi connectivity index (χ2n) is 8.28. The zero-order chi connectivity index (χ0) is 18.5. The maximum atomic E-state index is 14.5. The van der Waals surface area contributed by atoms with Gasteiger partial charge in [-0.2, -0.15) is 0 Å². The summed E-state index contributed by atoms with van der Waals surface area (Å²) in [5, 5.41) is 3.75. The number of likely N-dealkylation sites (tertiary alicyclic amines) is 1. The Balaban J connectivity index is 0.00000150. The lowest BCUT2D eigenvalue weighted by atomic mass is 9.87. The van der Waals surface area contributed by atoms with Crippen LogP contribution in [0.2, 0.25) is 0 Å². The van der Waals surface area contributed by atoms with Gasteiger partial charge in [0.1, 0.15) is 5.82 Å². The number of nitrogens with one attached hydrogen (secondary N) is 1. The molecule has 2 aromatic rings. The zero-order valence-electron chi connectivity index (χ0n) is 17.0. The molecule has 0 radical (unpaired) electrons. The van der Waals surface area contributed by atoms with Gasteiger partial charge in [0.2, 0.25) is 0 Å². The molecule has 1 saturated heterocycles. The smallest absolute Gasteiger partial charge is 0.128 e. The van der Waals surface area contributed by atoms with E-state index in [1.165, 1.54) is 43.5 Å². The first kappa shape index (κ1) is 24.1. The van der Waals surface area contributed by atoms with Crippen LogP contribution in [0.3, 0.4) is 0 Å².